The van der Waals surface area contributed by atoms with Crippen LogP contribution in [0.4, 0.5) is 0 Å². The number of furan rings is 1. The summed E-state index contributed by atoms with van der Waals surface area (Å²) in [4.78, 5) is 4.72. The van der Waals surface area contributed by atoms with Crippen LogP contribution in [0, 0.1) is 0 Å². The lowest BCUT2D eigenvalue weighted by Crippen LogP contribution is -2.04. The van der Waals surface area contributed by atoms with Gasteiger partial charge in [0.25, 0.3) is 0 Å². The van der Waals surface area contributed by atoms with Crippen molar-refractivity contribution >= 4 is 23.4 Å². The molecule has 0 saturated carbocycles. The number of benzene rings is 1. The van der Waals surface area contributed by atoms with Gasteiger partial charge in [-0.25, -0.2) is 4.98 Å². The molecule has 0 atom stereocenters. The van der Waals surface area contributed by atoms with E-state index >= 15 is 0 Å². The lowest BCUT2D eigenvalue weighted by atomic mass is 10.1. The predicted octanol–water partition coefficient (Wildman–Crippen LogP) is 4.62. The van der Waals surface area contributed by atoms with Crippen molar-refractivity contribution in [1.82, 2.24) is 24.3 Å². The maximum absolute atomic E-state index is 5.50. The molecule has 0 unspecified atom stereocenters. The van der Waals surface area contributed by atoms with Crippen LogP contribution >= 0.6 is 11.8 Å². The number of rotatable bonds is 7. The maximum Gasteiger partial charge on any atom is 0.190 e. The zero-order valence-electron chi connectivity index (χ0n) is 15.8. The van der Waals surface area contributed by atoms with Crippen LogP contribution in [0.15, 0.2) is 71.0 Å². The third kappa shape index (κ3) is 3.94. The fourth-order valence-electron chi connectivity index (χ4n) is 3.07. The van der Waals surface area contributed by atoms with Gasteiger partial charge in [-0.15, -0.1) is 10.2 Å². The molecule has 0 aliphatic carbocycles. The number of hydrogen-bond donors (Lipinski definition) is 0. The van der Waals surface area contributed by atoms with Crippen LogP contribution in [0.2, 0.25) is 0 Å². The molecule has 0 saturated heterocycles. The molecule has 0 aliphatic heterocycles. The number of aryl methyl sites for hydroxylation is 2. The predicted molar refractivity (Wildman–Crippen MR) is 112 cm³/mol. The summed E-state index contributed by atoms with van der Waals surface area (Å²) in [5, 5.41) is 8.98. The zero-order chi connectivity index (χ0) is 19.3. The number of allylic oxidation sites excluding steroid dienone is 1. The van der Waals surface area contributed by atoms with E-state index in [1.54, 1.807) is 24.4 Å². The first-order valence-corrected chi connectivity index (χ1v) is 10.0. The minimum absolute atomic E-state index is 0.816. The van der Waals surface area contributed by atoms with Crippen molar-refractivity contribution in [1.29, 1.82) is 0 Å². The molecule has 3 aromatic heterocycles. The SMILES string of the molecule is CC(=Cc1ccco1)c1c(-c2ccccc2)ncn1CCSc1nncn1C. The summed E-state index contributed by atoms with van der Waals surface area (Å²) < 4.78 is 9.63. The van der Waals surface area contributed by atoms with Gasteiger partial charge < -0.3 is 13.6 Å². The van der Waals surface area contributed by atoms with E-state index in [4.69, 9.17) is 9.40 Å². The van der Waals surface area contributed by atoms with E-state index < -0.39 is 0 Å². The second-order valence-corrected chi connectivity index (χ2v) is 7.48. The number of nitrogens with zero attached hydrogens (tertiary/aromatic N) is 5. The first kappa shape index (κ1) is 18.3. The Kier molecular flexibility index (Phi) is 5.43. The van der Waals surface area contributed by atoms with E-state index in [2.05, 4.69) is 39.9 Å². The number of thioether (sulfide) groups is 1. The monoisotopic (exact) mass is 391 g/mol. The average Bonchev–Trinajstić information content (AvgIpc) is 3.45. The Morgan fingerprint density at radius 1 is 1.14 bits per heavy atom. The summed E-state index contributed by atoms with van der Waals surface area (Å²) in [5.74, 6) is 1.70. The van der Waals surface area contributed by atoms with E-state index in [0.717, 1.165) is 45.7 Å². The Morgan fingerprint density at radius 3 is 2.71 bits per heavy atom. The van der Waals surface area contributed by atoms with Crippen LogP contribution in [-0.4, -0.2) is 30.1 Å². The van der Waals surface area contributed by atoms with Crippen molar-refractivity contribution < 1.29 is 4.42 Å². The van der Waals surface area contributed by atoms with Crippen LogP contribution in [0.3, 0.4) is 0 Å². The topological polar surface area (TPSA) is 61.7 Å². The normalized spacial score (nSPS) is 11.9. The minimum atomic E-state index is 0.816. The summed E-state index contributed by atoms with van der Waals surface area (Å²) in [5.41, 5.74) is 4.28. The quantitative estimate of drug-likeness (QED) is 0.430. The van der Waals surface area contributed by atoms with Crippen molar-refractivity contribution in [3.63, 3.8) is 0 Å². The molecule has 0 bridgehead atoms. The zero-order valence-corrected chi connectivity index (χ0v) is 16.6. The summed E-state index contributed by atoms with van der Waals surface area (Å²) in [6.07, 6.45) is 7.37. The maximum atomic E-state index is 5.50. The third-order valence-corrected chi connectivity index (χ3v) is 5.41. The number of aromatic nitrogens is 5. The van der Waals surface area contributed by atoms with Gasteiger partial charge in [0, 0.05) is 24.9 Å². The van der Waals surface area contributed by atoms with Gasteiger partial charge in [0.1, 0.15) is 12.1 Å². The summed E-state index contributed by atoms with van der Waals surface area (Å²) >= 11 is 1.68. The van der Waals surface area contributed by atoms with E-state index in [0.29, 0.717) is 0 Å². The molecule has 0 N–H and O–H groups in total. The molecule has 0 fully saturated rings. The highest BCUT2D eigenvalue weighted by Crippen LogP contribution is 2.29. The molecular weight excluding hydrogens is 370 g/mol. The first-order chi connectivity index (χ1) is 13.7. The molecule has 4 aromatic rings. The number of hydrogen-bond acceptors (Lipinski definition) is 5. The molecule has 6 nitrogen and oxygen atoms in total. The van der Waals surface area contributed by atoms with Crippen molar-refractivity contribution in [2.75, 3.05) is 5.75 Å². The van der Waals surface area contributed by atoms with Gasteiger partial charge in [-0.05, 0) is 30.7 Å². The molecule has 142 valence electrons. The van der Waals surface area contributed by atoms with Gasteiger partial charge in [0.15, 0.2) is 5.16 Å². The van der Waals surface area contributed by atoms with Gasteiger partial charge >= 0.3 is 0 Å². The highest BCUT2D eigenvalue weighted by atomic mass is 32.2. The second-order valence-electron chi connectivity index (χ2n) is 6.42. The average molecular weight is 392 g/mol. The van der Waals surface area contributed by atoms with Crippen LogP contribution in [0.5, 0.6) is 0 Å². The van der Waals surface area contributed by atoms with E-state index in [1.807, 2.05) is 48.3 Å². The molecule has 0 aliphatic rings. The molecule has 4 rings (SSSR count). The highest BCUT2D eigenvalue weighted by Gasteiger charge is 2.15. The summed E-state index contributed by atoms with van der Waals surface area (Å²) in [7, 11) is 1.95. The van der Waals surface area contributed by atoms with Crippen LogP contribution in [0.25, 0.3) is 22.9 Å². The standard InChI is InChI=1S/C21H21N5OS/c1-16(13-18-9-6-11-27-18)20-19(17-7-4-3-5-8-17)22-14-26(20)10-12-28-21-24-23-15-25(21)2/h3-9,11,13-15H,10,12H2,1-2H3. The molecule has 0 radical (unpaired) electrons. The van der Waals surface area contributed by atoms with Gasteiger partial charge in [0.05, 0.1) is 24.0 Å². The smallest absolute Gasteiger partial charge is 0.190 e. The Morgan fingerprint density at radius 2 is 2.00 bits per heavy atom. The fourth-order valence-corrected chi connectivity index (χ4v) is 3.89. The van der Waals surface area contributed by atoms with Crippen LogP contribution in [-0.2, 0) is 13.6 Å². The Balaban J connectivity index is 1.64. The fraction of sp³-hybridized carbons (Fsp3) is 0.190. The Bertz CT molecular complexity index is 1060. The van der Waals surface area contributed by atoms with E-state index in [-0.39, 0.29) is 0 Å². The molecule has 1 aromatic carbocycles. The second kappa shape index (κ2) is 8.31. The van der Waals surface area contributed by atoms with E-state index in [9.17, 15) is 0 Å². The number of imidazole rings is 1. The van der Waals surface area contributed by atoms with Gasteiger partial charge in [-0.3, -0.25) is 0 Å². The molecule has 0 spiro atoms. The van der Waals surface area contributed by atoms with Crippen molar-refractivity contribution in [3.8, 4) is 11.3 Å². The molecule has 28 heavy (non-hydrogen) atoms. The lowest BCUT2D eigenvalue weighted by Gasteiger charge is -2.11. The van der Waals surface area contributed by atoms with E-state index in [1.165, 1.54) is 0 Å². The Hall–Kier alpha value is -3.06. The molecule has 7 heteroatoms. The molecule has 3 heterocycles. The minimum Gasteiger partial charge on any atom is -0.465 e. The highest BCUT2D eigenvalue weighted by molar-refractivity contribution is 7.99. The first-order valence-electron chi connectivity index (χ1n) is 9.02. The van der Waals surface area contributed by atoms with Crippen LogP contribution in [0.1, 0.15) is 18.4 Å². The van der Waals surface area contributed by atoms with Crippen LogP contribution < -0.4 is 0 Å². The van der Waals surface area contributed by atoms with Crippen molar-refractivity contribution in [2.24, 2.45) is 7.05 Å². The van der Waals surface area contributed by atoms with Gasteiger partial charge in [0.2, 0.25) is 0 Å². The summed E-state index contributed by atoms with van der Waals surface area (Å²) in [6, 6.07) is 14.1. The Labute approximate surface area is 167 Å². The van der Waals surface area contributed by atoms with Gasteiger partial charge in [-0.1, -0.05) is 42.1 Å². The largest absolute Gasteiger partial charge is 0.465 e. The summed E-state index contributed by atoms with van der Waals surface area (Å²) in [6.45, 7) is 2.91. The van der Waals surface area contributed by atoms with Gasteiger partial charge in [-0.2, -0.15) is 0 Å². The van der Waals surface area contributed by atoms with Crippen molar-refractivity contribution in [2.45, 2.75) is 18.6 Å². The van der Waals surface area contributed by atoms with Crippen molar-refractivity contribution in [3.05, 3.63) is 72.8 Å². The lowest BCUT2D eigenvalue weighted by molar-refractivity contribution is 0.557. The molecule has 0 amide bonds. The molecular formula is C21H21N5OS. The third-order valence-electron chi connectivity index (χ3n) is 4.39.